The number of rotatable bonds is 3. The van der Waals surface area contributed by atoms with E-state index < -0.39 is 0 Å². The summed E-state index contributed by atoms with van der Waals surface area (Å²) in [7, 11) is 0. The molecule has 2 aliphatic carbocycles. The first kappa shape index (κ1) is 12.7. The summed E-state index contributed by atoms with van der Waals surface area (Å²) in [6, 6.07) is 2.50. The molecule has 1 saturated heterocycles. The standard InChI is InChI=1S/C16H22N2O/c1-3-16(6-4-5-7-16)11(2)15(19)18-13(10-17)8-12-9-14(12)18/h3,11-14H,1,4-9H2,2H3/t11-,12-,13+,14?/m1/s1. The van der Waals surface area contributed by atoms with Crippen molar-refractivity contribution in [3.05, 3.63) is 12.7 Å². The van der Waals surface area contributed by atoms with Crippen molar-refractivity contribution in [2.24, 2.45) is 17.3 Å². The molecule has 0 aromatic carbocycles. The number of carbonyl (C=O) groups is 1. The molecule has 102 valence electrons. The lowest BCUT2D eigenvalue weighted by Crippen LogP contribution is -2.45. The summed E-state index contributed by atoms with van der Waals surface area (Å²) < 4.78 is 0. The smallest absolute Gasteiger partial charge is 0.227 e. The van der Waals surface area contributed by atoms with E-state index in [0.29, 0.717) is 12.0 Å². The van der Waals surface area contributed by atoms with Crippen LogP contribution in [0.3, 0.4) is 0 Å². The van der Waals surface area contributed by atoms with E-state index in [1.165, 1.54) is 12.8 Å². The highest BCUT2D eigenvalue weighted by Crippen LogP contribution is 2.51. The molecule has 3 aliphatic rings. The second kappa shape index (κ2) is 4.37. The summed E-state index contributed by atoms with van der Waals surface area (Å²) in [5.74, 6) is 0.769. The minimum atomic E-state index is -0.179. The number of likely N-dealkylation sites (tertiary alicyclic amines) is 1. The quantitative estimate of drug-likeness (QED) is 0.731. The molecule has 0 N–H and O–H groups in total. The Balaban J connectivity index is 1.80. The molecular formula is C16H22N2O. The summed E-state index contributed by atoms with van der Waals surface area (Å²) in [5.41, 5.74) is -0.0237. The predicted octanol–water partition coefficient (Wildman–Crippen LogP) is 2.88. The number of amides is 1. The molecule has 0 bridgehead atoms. The second-order valence-electron chi connectivity index (χ2n) is 6.56. The van der Waals surface area contributed by atoms with E-state index in [2.05, 4.69) is 12.6 Å². The van der Waals surface area contributed by atoms with Gasteiger partial charge in [-0.3, -0.25) is 4.79 Å². The van der Waals surface area contributed by atoms with Crippen molar-refractivity contribution in [2.45, 2.75) is 57.5 Å². The van der Waals surface area contributed by atoms with Crippen molar-refractivity contribution in [1.29, 1.82) is 5.26 Å². The monoisotopic (exact) mass is 258 g/mol. The van der Waals surface area contributed by atoms with Crippen LogP contribution in [0.5, 0.6) is 0 Å². The van der Waals surface area contributed by atoms with Crippen LogP contribution in [0.4, 0.5) is 0 Å². The zero-order chi connectivity index (χ0) is 13.6. The zero-order valence-electron chi connectivity index (χ0n) is 11.6. The van der Waals surface area contributed by atoms with Gasteiger partial charge in [0.1, 0.15) is 6.04 Å². The zero-order valence-corrected chi connectivity index (χ0v) is 11.6. The van der Waals surface area contributed by atoms with Gasteiger partial charge in [0, 0.05) is 12.0 Å². The molecule has 1 heterocycles. The van der Waals surface area contributed by atoms with E-state index in [1.807, 2.05) is 17.9 Å². The Morgan fingerprint density at radius 1 is 1.47 bits per heavy atom. The molecule has 0 aromatic rings. The van der Waals surface area contributed by atoms with Gasteiger partial charge in [-0.2, -0.15) is 5.26 Å². The molecule has 19 heavy (non-hydrogen) atoms. The molecule has 3 nitrogen and oxygen atoms in total. The lowest BCUT2D eigenvalue weighted by molar-refractivity contribution is -0.139. The molecule has 3 fully saturated rings. The van der Waals surface area contributed by atoms with Crippen LogP contribution in [0.15, 0.2) is 12.7 Å². The fourth-order valence-electron chi connectivity index (χ4n) is 4.21. The normalized spacial score (nSPS) is 36.4. The van der Waals surface area contributed by atoms with Gasteiger partial charge in [-0.05, 0) is 37.0 Å². The Kier molecular flexibility index (Phi) is 2.92. The van der Waals surface area contributed by atoms with Crippen LogP contribution in [0, 0.1) is 28.6 Å². The Labute approximate surface area is 115 Å². The Morgan fingerprint density at radius 3 is 2.74 bits per heavy atom. The van der Waals surface area contributed by atoms with Crippen LogP contribution in [0.1, 0.15) is 45.4 Å². The number of piperidine rings is 1. The third-order valence-corrected chi connectivity index (χ3v) is 5.68. The van der Waals surface area contributed by atoms with Crippen LogP contribution in [-0.2, 0) is 4.79 Å². The van der Waals surface area contributed by atoms with E-state index >= 15 is 0 Å². The van der Waals surface area contributed by atoms with Gasteiger partial charge in [-0.25, -0.2) is 0 Å². The van der Waals surface area contributed by atoms with Gasteiger partial charge in [0.25, 0.3) is 0 Å². The lowest BCUT2D eigenvalue weighted by atomic mass is 9.74. The molecular weight excluding hydrogens is 236 g/mol. The van der Waals surface area contributed by atoms with Crippen LogP contribution >= 0.6 is 0 Å². The lowest BCUT2D eigenvalue weighted by Gasteiger charge is -2.35. The Hall–Kier alpha value is -1.30. The molecule has 0 spiro atoms. The Bertz CT molecular complexity index is 444. The maximum absolute atomic E-state index is 12.8. The van der Waals surface area contributed by atoms with Crippen molar-refractivity contribution >= 4 is 5.91 Å². The van der Waals surface area contributed by atoms with E-state index in [0.717, 1.165) is 25.7 Å². The van der Waals surface area contributed by atoms with Crippen LogP contribution in [0.2, 0.25) is 0 Å². The number of fused-ring (bicyclic) bond motifs is 1. The van der Waals surface area contributed by atoms with E-state index in [1.54, 1.807) is 0 Å². The van der Waals surface area contributed by atoms with Crippen molar-refractivity contribution < 1.29 is 4.79 Å². The molecule has 2 saturated carbocycles. The largest absolute Gasteiger partial charge is 0.323 e. The molecule has 4 atom stereocenters. The number of hydrogen-bond acceptors (Lipinski definition) is 2. The van der Waals surface area contributed by atoms with Gasteiger partial charge >= 0.3 is 0 Å². The van der Waals surface area contributed by atoms with Gasteiger partial charge in [-0.1, -0.05) is 25.8 Å². The van der Waals surface area contributed by atoms with E-state index in [-0.39, 0.29) is 23.3 Å². The summed E-state index contributed by atoms with van der Waals surface area (Å²) in [5, 5.41) is 9.23. The molecule has 3 rings (SSSR count). The topological polar surface area (TPSA) is 44.1 Å². The Morgan fingerprint density at radius 2 is 2.16 bits per heavy atom. The first-order valence-electron chi connectivity index (χ1n) is 7.48. The molecule has 0 aromatic heterocycles. The number of allylic oxidation sites excluding steroid dienone is 1. The van der Waals surface area contributed by atoms with Gasteiger partial charge < -0.3 is 4.90 Å². The fourth-order valence-corrected chi connectivity index (χ4v) is 4.21. The summed E-state index contributed by atoms with van der Waals surface area (Å²) in [4.78, 5) is 14.7. The fraction of sp³-hybridized carbons (Fsp3) is 0.750. The predicted molar refractivity (Wildman–Crippen MR) is 73.0 cm³/mol. The van der Waals surface area contributed by atoms with Crippen molar-refractivity contribution in [1.82, 2.24) is 4.90 Å². The maximum Gasteiger partial charge on any atom is 0.227 e. The van der Waals surface area contributed by atoms with Crippen LogP contribution < -0.4 is 0 Å². The average Bonchev–Trinajstić information content (AvgIpc) is 2.91. The van der Waals surface area contributed by atoms with E-state index in [9.17, 15) is 10.1 Å². The first-order valence-corrected chi connectivity index (χ1v) is 7.48. The number of nitriles is 1. The van der Waals surface area contributed by atoms with Crippen molar-refractivity contribution in [3.63, 3.8) is 0 Å². The van der Waals surface area contributed by atoms with Gasteiger partial charge in [0.15, 0.2) is 0 Å². The van der Waals surface area contributed by atoms with Gasteiger partial charge in [0.2, 0.25) is 5.91 Å². The summed E-state index contributed by atoms with van der Waals surface area (Å²) in [6.07, 6.45) is 8.53. The highest BCUT2D eigenvalue weighted by molar-refractivity contribution is 5.81. The van der Waals surface area contributed by atoms with Crippen molar-refractivity contribution in [3.8, 4) is 6.07 Å². The SMILES string of the molecule is C=CC1([C@H](C)C(=O)N2C3C[C@H]3C[C@H]2C#N)CCCC1. The number of hydrogen-bond donors (Lipinski definition) is 0. The molecule has 1 aliphatic heterocycles. The summed E-state index contributed by atoms with van der Waals surface area (Å²) >= 11 is 0. The molecule has 1 unspecified atom stereocenters. The molecule has 1 amide bonds. The van der Waals surface area contributed by atoms with Crippen LogP contribution in [0.25, 0.3) is 0 Å². The highest BCUT2D eigenvalue weighted by Gasteiger charge is 2.56. The van der Waals surface area contributed by atoms with Gasteiger partial charge in [0.05, 0.1) is 6.07 Å². The minimum absolute atomic E-state index is 0.0237. The van der Waals surface area contributed by atoms with Gasteiger partial charge in [-0.15, -0.1) is 6.58 Å². The van der Waals surface area contributed by atoms with E-state index in [4.69, 9.17) is 0 Å². The molecule has 3 heteroatoms. The van der Waals surface area contributed by atoms with Crippen LogP contribution in [-0.4, -0.2) is 22.9 Å². The number of carbonyl (C=O) groups excluding carboxylic acids is 1. The third kappa shape index (κ3) is 1.81. The minimum Gasteiger partial charge on any atom is -0.323 e. The van der Waals surface area contributed by atoms with Crippen molar-refractivity contribution in [2.75, 3.05) is 0 Å². The average molecular weight is 258 g/mol. The third-order valence-electron chi connectivity index (χ3n) is 5.68. The highest BCUT2D eigenvalue weighted by atomic mass is 16.2. The molecule has 0 radical (unpaired) electrons. The summed E-state index contributed by atoms with van der Waals surface area (Å²) in [6.45, 7) is 6.02. The maximum atomic E-state index is 12.8. The first-order chi connectivity index (χ1) is 9.13. The number of nitrogens with zero attached hydrogens (tertiary/aromatic N) is 2. The second-order valence-corrected chi connectivity index (χ2v) is 6.56.